The Bertz CT molecular complexity index is 1330. The number of methoxy groups -OCH3 is 1. The highest BCUT2D eigenvalue weighted by Gasteiger charge is 2.55. The van der Waals surface area contributed by atoms with Crippen molar-refractivity contribution in [2.75, 3.05) is 46.9 Å². The van der Waals surface area contributed by atoms with Gasteiger partial charge in [0.25, 0.3) is 0 Å². The topological polar surface area (TPSA) is 150 Å². The van der Waals surface area contributed by atoms with Crippen molar-refractivity contribution in [3.8, 4) is 11.5 Å². The number of likely N-dealkylation sites (tertiary alicyclic amines) is 2. The third kappa shape index (κ3) is 6.36. The monoisotopic (exact) mass is 611 g/mol. The summed E-state index contributed by atoms with van der Waals surface area (Å²) in [6, 6.07) is 3.97. The predicted molar refractivity (Wildman–Crippen MR) is 162 cm³/mol. The second-order valence-corrected chi connectivity index (χ2v) is 12.8. The Hall–Kier alpha value is -3.80. The van der Waals surface area contributed by atoms with Gasteiger partial charge < -0.3 is 40.3 Å². The average molecular weight is 612 g/mol. The fraction of sp³-hybridized carbons (Fsp3) is 0.625. The number of hydrogen-bond donors (Lipinski definition) is 4. The third-order valence-electron chi connectivity index (χ3n) is 10.0. The molecule has 4 N–H and O–H groups in total. The summed E-state index contributed by atoms with van der Waals surface area (Å²) in [6.07, 6.45) is 6.12. The number of amides is 4. The molecule has 2 fully saturated rings. The van der Waals surface area contributed by atoms with Crippen LogP contribution in [0.4, 0.5) is 4.79 Å². The molecule has 12 heteroatoms. The van der Waals surface area contributed by atoms with Gasteiger partial charge in [-0.1, -0.05) is 13.0 Å². The highest BCUT2D eigenvalue weighted by atomic mass is 16.6. The summed E-state index contributed by atoms with van der Waals surface area (Å²) in [5.74, 6) is 0.761. The molecule has 2 saturated heterocycles. The number of nitrogens with one attached hydrogen (secondary N) is 3. The summed E-state index contributed by atoms with van der Waals surface area (Å²) >= 11 is 0. The number of piperidine rings is 2. The van der Waals surface area contributed by atoms with Crippen LogP contribution in [0.2, 0.25) is 0 Å². The maximum atomic E-state index is 13.6. The lowest BCUT2D eigenvalue weighted by Crippen LogP contribution is -2.59. The molecule has 0 saturated carbocycles. The number of phenols is 1. The number of rotatable bonds is 8. The van der Waals surface area contributed by atoms with E-state index in [0.29, 0.717) is 42.9 Å². The van der Waals surface area contributed by atoms with E-state index in [1.807, 2.05) is 12.1 Å². The molecule has 0 spiro atoms. The number of allylic oxidation sites excluding steroid dienone is 2. The molecular weight excluding hydrogens is 566 g/mol. The third-order valence-corrected chi connectivity index (χ3v) is 10.0. The first-order chi connectivity index (χ1) is 21.0. The molecule has 1 aromatic carbocycles. The zero-order valence-electron chi connectivity index (χ0n) is 26.1. The fourth-order valence-electron chi connectivity index (χ4n) is 7.75. The Kier molecular flexibility index (Phi) is 9.38. The Balaban J connectivity index is 1.26. The van der Waals surface area contributed by atoms with E-state index < -0.39 is 12.0 Å². The van der Waals surface area contributed by atoms with Crippen LogP contribution >= 0.6 is 0 Å². The summed E-state index contributed by atoms with van der Waals surface area (Å²) in [4.78, 5) is 53.0. The van der Waals surface area contributed by atoms with Crippen LogP contribution in [0.5, 0.6) is 11.5 Å². The van der Waals surface area contributed by atoms with Crippen molar-refractivity contribution in [1.82, 2.24) is 25.8 Å². The molecule has 5 rings (SSSR count). The number of carbonyl (C=O) groups is 4. The molecule has 12 nitrogen and oxygen atoms in total. The summed E-state index contributed by atoms with van der Waals surface area (Å²) in [6.45, 7) is 4.65. The first-order valence-electron chi connectivity index (χ1n) is 15.6. The van der Waals surface area contributed by atoms with Crippen LogP contribution in [0.25, 0.3) is 0 Å². The quantitative estimate of drug-likeness (QED) is 0.348. The SMILES string of the molecule is COc1ccc2c(c1O)[C@]13CCN(C)[C@H](C2)[C@@H]1CC=C(OC(=O)N1CCC(C)CC1CNC(=O)CNC(=O)CNC(C)=O)C3. The second kappa shape index (κ2) is 13.1. The van der Waals surface area contributed by atoms with Crippen molar-refractivity contribution >= 4 is 23.8 Å². The minimum absolute atomic E-state index is 0.192. The van der Waals surface area contributed by atoms with E-state index in [9.17, 15) is 24.3 Å². The number of hydrogen-bond acceptors (Lipinski definition) is 8. The zero-order valence-corrected chi connectivity index (χ0v) is 26.1. The van der Waals surface area contributed by atoms with Crippen LogP contribution in [0, 0.1) is 11.8 Å². The minimum atomic E-state index is -0.461. The highest BCUT2D eigenvalue weighted by molar-refractivity contribution is 5.87. The number of aromatic hydroxyl groups is 1. The average Bonchev–Trinajstić information content (AvgIpc) is 2.99. The molecule has 240 valence electrons. The maximum absolute atomic E-state index is 13.6. The van der Waals surface area contributed by atoms with Gasteiger partial charge in [0.05, 0.1) is 26.2 Å². The van der Waals surface area contributed by atoms with Crippen LogP contribution in [-0.4, -0.2) is 97.7 Å². The van der Waals surface area contributed by atoms with Gasteiger partial charge >= 0.3 is 6.09 Å². The Morgan fingerprint density at radius 3 is 2.59 bits per heavy atom. The second-order valence-electron chi connectivity index (χ2n) is 12.8. The molecule has 0 aromatic heterocycles. The first kappa shape index (κ1) is 31.6. The van der Waals surface area contributed by atoms with E-state index in [1.165, 1.54) is 6.92 Å². The summed E-state index contributed by atoms with van der Waals surface area (Å²) in [5, 5.41) is 19.0. The molecule has 1 aromatic rings. The molecule has 2 unspecified atom stereocenters. The lowest BCUT2D eigenvalue weighted by molar-refractivity contribution is -0.127. The van der Waals surface area contributed by atoms with Crippen molar-refractivity contribution in [2.24, 2.45) is 11.8 Å². The standard InChI is InChI=1S/C32H45N5O7/c1-19-9-11-37(22(13-19)16-34-28(40)18-35-27(39)17-33-20(2)38)31(42)44-23-6-7-24-25-14-21-5-8-26(43-4)30(41)29(21)32(24,15-23)10-12-36(25)3/h5-6,8,19,22,24-25,41H,7,9-18H2,1-4H3,(H,33,38)(H,34,40)(H,35,39)/t19?,22?,24-,25+,32-/m0/s1. The molecule has 0 radical (unpaired) electrons. The van der Waals surface area contributed by atoms with Crippen molar-refractivity contribution in [1.29, 1.82) is 0 Å². The normalized spacial score (nSPS) is 27.6. The summed E-state index contributed by atoms with van der Waals surface area (Å²) < 4.78 is 11.6. The van der Waals surface area contributed by atoms with Gasteiger partial charge in [0.15, 0.2) is 11.5 Å². The van der Waals surface area contributed by atoms with E-state index in [4.69, 9.17) is 9.47 Å². The van der Waals surface area contributed by atoms with Gasteiger partial charge in [-0.3, -0.25) is 14.4 Å². The number of carbonyl (C=O) groups excluding carboxylic acids is 4. The molecule has 4 aliphatic rings. The van der Waals surface area contributed by atoms with Gasteiger partial charge in [0.1, 0.15) is 5.76 Å². The predicted octanol–water partition coefficient (Wildman–Crippen LogP) is 1.80. The van der Waals surface area contributed by atoms with Crippen LogP contribution in [0.1, 0.15) is 57.1 Å². The summed E-state index contributed by atoms with van der Waals surface area (Å²) in [5.41, 5.74) is 1.70. The molecule has 5 atom stereocenters. The van der Waals surface area contributed by atoms with E-state index in [-0.39, 0.29) is 54.6 Å². The van der Waals surface area contributed by atoms with Crippen LogP contribution in [0.3, 0.4) is 0 Å². The smallest absolute Gasteiger partial charge is 0.415 e. The van der Waals surface area contributed by atoms with Crippen molar-refractivity contribution in [2.45, 2.75) is 69.9 Å². The van der Waals surface area contributed by atoms with Gasteiger partial charge in [-0.05, 0) is 75.2 Å². The van der Waals surface area contributed by atoms with Gasteiger partial charge in [0.2, 0.25) is 17.7 Å². The minimum Gasteiger partial charge on any atom is -0.504 e. The van der Waals surface area contributed by atoms with Crippen molar-refractivity contribution < 1.29 is 33.8 Å². The molecule has 2 bridgehead atoms. The van der Waals surface area contributed by atoms with Crippen molar-refractivity contribution in [3.63, 3.8) is 0 Å². The Labute approximate surface area is 258 Å². The molecule has 44 heavy (non-hydrogen) atoms. The lowest BCUT2D eigenvalue weighted by atomic mass is 9.53. The summed E-state index contributed by atoms with van der Waals surface area (Å²) in [7, 11) is 3.73. The van der Waals surface area contributed by atoms with E-state index in [2.05, 4.69) is 40.9 Å². The van der Waals surface area contributed by atoms with E-state index in [0.717, 1.165) is 43.4 Å². The number of phenolic OH excluding ortho intramolecular Hbond substituents is 1. The van der Waals surface area contributed by atoms with Crippen molar-refractivity contribution in [3.05, 3.63) is 35.1 Å². The fourth-order valence-corrected chi connectivity index (χ4v) is 7.75. The van der Waals surface area contributed by atoms with Crippen LogP contribution in [0.15, 0.2) is 24.0 Å². The molecule has 4 amide bonds. The highest BCUT2D eigenvalue weighted by Crippen LogP contribution is 2.58. The lowest BCUT2D eigenvalue weighted by Gasteiger charge is -2.57. The number of benzene rings is 1. The van der Waals surface area contributed by atoms with E-state index in [1.54, 1.807) is 12.0 Å². The number of likely N-dealkylation sites (N-methyl/N-ethyl adjacent to an activating group) is 1. The number of fused-ring (bicyclic) bond motifs is 1. The van der Waals surface area contributed by atoms with Gasteiger partial charge in [-0.2, -0.15) is 0 Å². The zero-order chi connectivity index (χ0) is 31.6. The van der Waals surface area contributed by atoms with E-state index >= 15 is 0 Å². The molecule has 2 aliphatic carbocycles. The van der Waals surface area contributed by atoms with Gasteiger partial charge in [0, 0.05) is 43.5 Å². The largest absolute Gasteiger partial charge is 0.504 e. The first-order valence-corrected chi connectivity index (χ1v) is 15.6. The van der Waals surface area contributed by atoms with Gasteiger partial charge in [-0.25, -0.2) is 4.79 Å². The van der Waals surface area contributed by atoms with Gasteiger partial charge in [-0.15, -0.1) is 0 Å². The molecule has 2 aliphatic heterocycles. The number of nitrogens with zero attached hydrogens (tertiary/aromatic N) is 2. The molecule has 2 heterocycles. The Morgan fingerprint density at radius 1 is 1.09 bits per heavy atom. The molecular formula is C32H45N5O7. The van der Waals surface area contributed by atoms with Crippen LogP contribution < -0.4 is 20.7 Å². The number of ether oxygens (including phenoxy) is 2. The maximum Gasteiger partial charge on any atom is 0.415 e. The van der Waals surface area contributed by atoms with Crippen LogP contribution in [-0.2, 0) is 31.0 Å². The Morgan fingerprint density at radius 2 is 1.84 bits per heavy atom.